The van der Waals surface area contributed by atoms with Crippen LogP contribution >= 0.6 is 0 Å². The molecule has 0 aliphatic rings. The van der Waals surface area contributed by atoms with Gasteiger partial charge in [-0.2, -0.15) is 0 Å². The van der Waals surface area contributed by atoms with Crippen molar-refractivity contribution in [3.05, 3.63) is 108 Å². The zero-order valence-electron chi connectivity index (χ0n) is 23.7. The molecule has 6 nitrogen and oxygen atoms in total. The number of pyridine rings is 1. The number of nitrogens with two attached hydrogens (primary N) is 1. The van der Waals surface area contributed by atoms with Crippen LogP contribution in [0.2, 0.25) is 0 Å². The fourth-order valence-electron chi connectivity index (χ4n) is 4.17. The molecule has 6 heteroatoms. The molecule has 208 valence electrons. The number of rotatable bonds is 8. The third-order valence-corrected chi connectivity index (χ3v) is 5.86. The third-order valence-electron chi connectivity index (χ3n) is 5.86. The minimum atomic E-state index is -0.905. The SMILES string of the molecule is CC.CCC.NCc1cc(-c2cc(COc3cc(-c4ccccc4)ccc3CC(=O)O)cc3ccoc23)ccn1. The van der Waals surface area contributed by atoms with Crippen LogP contribution < -0.4 is 10.5 Å². The molecule has 0 bridgehead atoms. The summed E-state index contributed by atoms with van der Waals surface area (Å²) in [4.78, 5) is 15.7. The van der Waals surface area contributed by atoms with Crippen LogP contribution in [0, 0.1) is 0 Å². The standard InChI is InChI=1S/C29H24N2O4.C3H8.C2H6/c30-17-25-14-22(8-10-31-25)26-13-19(12-24-9-11-34-29(24)26)18-35-27-15-21(20-4-2-1-3-5-20)6-7-23(27)16-28(32)33;1-3-2;1-2/h1-15H,16-18,30H2,(H,32,33);3H2,1-2H3;1-2H3. The van der Waals surface area contributed by atoms with Gasteiger partial charge in [-0.3, -0.25) is 9.78 Å². The van der Waals surface area contributed by atoms with Gasteiger partial charge in [0, 0.05) is 29.3 Å². The minimum Gasteiger partial charge on any atom is -0.489 e. The molecule has 0 fully saturated rings. The fraction of sp³-hybridized carbons (Fsp3) is 0.235. The van der Waals surface area contributed by atoms with Gasteiger partial charge in [-0.15, -0.1) is 0 Å². The van der Waals surface area contributed by atoms with Gasteiger partial charge in [0.05, 0.1) is 18.4 Å². The number of ether oxygens (including phenoxy) is 1. The number of nitrogens with zero attached hydrogens (tertiary/aromatic N) is 1. The molecule has 0 unspecified atom stereocenters. The zero-order chi connectivity index (χ0) is 28.9. The fourth-order valence-corrected chi connectivity index (χ4v) is 4.17. The number of furan rings is 1. The molecule has 0 aliphatic carbocycles. The average molecular weight is 539 g/mol. The van der Waals surface area contributed by atoms with E-state index in [1.807, 2.05) is 92.7 Å². The Morgan fingerprint density at radius 2 is 1.68 bits per heavy atom. The van der Waals surface area contributed by atoms with Crippen LogP contribution in [0.5, 0.6) is 5.75 Å². The second-order valence-corrected chi connectivity index (χ2v) is 8.98. The lowest BCUT2D eigenvalue weighted by Crippen LogP contribution is -2.05. The van der Waals surface area contributed by atoms with E-state index < -0.39 is 5.97 Å². The van der Waals surface area contributed by atoms with E-state index in [9.17, 15) is 9.90 Å². The average Bonchev–Trinajstić information content (AvgIpc) is 3.47. The zero-order valence-corrected chi connectivity index (χ0v) is 23.7. The first kappa shape index (κ1) is 30.1. The van der Waals surface area contributed by atoms with Crippen molar-refractivity contribution >= 4 is 16.9 Å². The van der Waals surface area contributed by atoms with Gasteiger partial charge < -0.3 is 20.0 Å². The molecule has 5 rings (SSSR count). The Bertz CT molecular complexity index is 1510. The number of aromatic nitrogens is 1. The molecule has 5 aromatic rings. The first-order valence-electron chi connectivity index (χ1n) is 13.7. The highest BCUT2D eigenvalue weighted by atomic mass is 16.5. The van der Waals surface area contributed by atoms with Crippen molar-refractivity contribution in [2.45, 2.75) is 53.7 Å². The third kappa shape index (κ3) is 7.80. The Balaban J connectivity index is 0.000000827. The number of fused-ring (bicyclic) bond motifs is 1. The van der Waals surface area contributed by atoms with Gasteiger partial charge in [0.15, 0.2) is 0 Å². The summed E-state index contributed by atoms with van der Waals surface area (Å²) in [5.74, 6) is -0.352. The first-order chi connectivity index (χ1) is 19.5. The highest BCUT2D eigenvalue weighted by molar-refractivity contribution is 5.93. The normalized spacial score (nSPS) is 10.2. The molecule has 2 heterocycles. The second kappa shape index (κ2) is 15.2. The molecular formula is C34H38N2O4. The van der Waals surface area contributed by atoms with Gasteiger partial charge in [-0.1, -0.05) is 76.6 Å². The summed E-state index contributed by atoms with van der Waals surface area (Å²) in [6.45, 7) is 8.87. The van der Waals surface area contributed by atoms with Crippen LogP contribution in [0.4, 0.5) is 0 Å². The van der Waals surface area contributed by atoms with Gasteiger partial charge in [-0.25, -0.2) is 0 Å². The van der Waals surface area contributed by atoms with Crippen molar-refractivity contribution in [1.29, 1.82) is 0 Å². The first-order valence-corrected chi connectivity index (χ1v) is 13.7. The van der Waals surface area contributed by atoms with E-state index in [1.165, 1.54) is 6.42 Å². The summed E-state index contributed by atoms with van der Waals surface area (Å²) in [6, 6.07) is 25.4. The molecule has 0 spiro atoms. The summed E-state index contributed by atoms with van der Waals surface area (Å²) in [7, 11) is 0. The summed E-state index contributed by atoms with van der Waals surface area (Å²) >= 11 is 0. The van der Waals surface area contributed by atoms with Gasteiger partial charge in [0.25, 0.3) is 0 Å². The van der Waals surface area contributed by atoms with Crippen LogP contribution in [0.1, 0.15) is 50.9 Å². The van der Waals surface area contributed by atoms with Crippen LogP contribution in [0.15, 0.2) is 95.7 Å². The highest BCUT2D eigenvalue weighted by Gasteiger charge is 2.14. The maximum absolute atomic E-state index is 11.4. The molecule has 3 N–H and O–H groups in total. The number of benzene rings is 3. The Morgan fingerprint density at radius 3 is 2.38 bits per heavy atom. The molecule has 3 aromatic carbocycles. The van der Waals surface area contributed by atoms with Crippen LogP contribution in [0.25, 0.3) is 33.2 Å². The van der Waals surface area contributed by atoms with E-state index in [4.69, 9.17) is 14.9 Å². The van der Waals surface area contributed by atoms with Gasteiger partial charge in [0.2, 0.25) is 0 Å². The number of hydrogen-bond donors (Lipinski definition) is 2. The van der Waals surface area contributed by atoms with E-state index in [2.05, 4.69) is 18.8 Å². The van der Waals surface area contributed by atoms with Gasteiger partial charge in [0.1, 0.15) is 17.9 Å². The Morgan fingerprint density at radius 1 is 0.925 bits per heavy atom. The molecule has 0 saturated carbocycles. The predicted octanol–water partition coefficient (Wildman–Crippen LogP) is 8.27. The molecule has 0 amide bonds. The lowest BCUT2D eigenvalue weighted by atomic mass is 10.0. The van der Waals surface area contributed by atoms with Crippen molar-refractivity contribution < 1.29 is 19.1 Å². The summed E-state index contributed by atoms with van der Waals surface area (Å²) in [6.07, 6.45) is 4.54. The molecule has 0 aliphatic heterocycles. The summed E-state index contributed by atoms with van der Waals surface area (Å²) in [5.41, 5.74) is 12.8. The van der Waals surface area contributed by atoms with E-state index >= 15 is 0 Å². The topological polar surface area (TPSA) is 98.6 Å². The summed E-state index contributed by atoms with van der Waals surface area (Å²) in [5, 5.41) is 10.3. The maximum atomic E-state index is 11.4. The number of hydrogen-bond acceptors (Lipinski definition) is 5. The number of carboxylic acids is 1. The summed E-state index contributed by atoms with van der Waals surface area (Å²) < 4.78 is 12.0. The Kier molecular flexibility index (Phi) is 11.5. The quantitative estimate of drug-likeness (QED) is 0.206. The molecule has 0 radical (unpaired) electrons. The predicted molar refractivity (Wildman–Crippen MR) is 162 cm³/mol. The molecule has 2 aromatic heterocycles. The molecule has 0 atom stereocenters. The molecule has 40 heavy (non-hydrogen) atoms. The maximum Gasteiger partial charge on any atom is 0.307 e. The van der Waals surface area contributed by atoms with Crippen molar-refractivity contribution in [2.24, 2.45) is 5.73 Å². The lowest BCUT2D eigenvalue weighted by Gasteiger charge is -2.14. The molecular weight excluding hydrogens is 500 g/mol. The Hall–Kier alpha value is -4.42. The van der Waals surface area contributed by atoms with Crippen molar-refractivity contribution in [3.63, 3.8) is 0 Å². The van der Waals surface area contributed by atoms with Crippen LogP contribution in [0.3, 0.4) is 0 Å². The minimum absolute atomic E-state index is 0.116. The van der Waals surface area contributed by atoms with Gasteiger partial charge in [-0.05, 0) is 58.7 Å². The molecule has 0 saturated heterocycles. The van der Waals surface area contributed by atoms with Crippen LogP contribution in [-0.4, -0.2) is 16.1 Å². The van der Waals surface area contributed by atoms with Crippen molar-refractivity contribution in [2.75, 3.05) is 0 Å². The van der Waals surface area contributed by atoms with Crippen molar-refractivity contribution in [1.82, 2.24) is 4.98 Å². The van der Waals surface area contributed by atoms with Crippen molar-refractivity contribution in [3.8, 4) is 28.0 Å². The van der Waals surface area contributed by atoms with E-state index in [1.54, 1.807) is 12.5 Å². The highest BCUT2D eigenvalue weighted by Crippen LogP contribution is 2.33. The van der Waals surface area contributed by atoms with Gasteiger partial charge >= 0.3 is 5.97 Å². The van der Waals surface area contributed by atoms with E-state index in [0.29, 0.717) is 17.9 Å². The second-order valence-electron chi connectivity index (χ2n) is 8.98. The largest absolute Gasteiger partial charge is 0.489 e. The number of carbonyl (C=O) groups is 1. The van der Waals surface area contributed by atoms with E-state index in [0.717, 1.165) is 44.5 Å². The monoisotopic (exact) mass is 538 g/mol. The number of aliphatic carboxylic acids is 1. The van der Waals surface area contributed by atoms with E-state index in [-0.39, 0.29) is 13.0 Å². The lowest BCUT2D eigenvalue weighted by molar-refractivity contribution is -0.136. The number of carboxylic acid groups (broad SMARTS) is 1. The Labute approximate surface area is 236 Å². The van der Waals surface area contributed by atoms with Crippen LogP contribution in [-0.2, 0) is 24.4 Å². The smallest absolute Gasteiger partial charge is 0.307 e.